The second-order valence-electron chi connectivity index (χ2n) is 8.72. The molecule has 6 heteroatoms. The lowest BCUT2D eigenvalue weighted by Crippen LogP contribution is -2.37. The Morgan fingerprint density at radius 3 is 2.24 bits per heavy atom. The van der Waals surface area contributed by atoms with Gasteiger partial charge in [-0.1, -0.05) is 42.5 Å². The molecule has 0 bridgehead atoms. The van der Waals surface area contributed by atoms with E-state index < -0.39 is 11.4 Å². The fourth-order valence-corrected chi connectivity index (χ4v) is 2.93. The van der Waals surface area contributed by atoms with Crippen LogP contribution in [0, 0.1) is 11.3 Å². The summed E-state index contributed by atoms with van der Waals surface area (Å²) in [6, 6.07) is 19.0. The average molecular weight is 451 g/mol. The highest BCUT2D eigenvalue weighted by molar-refractivity contribution is 5.68. The molecule has 0 unspecified atom stereocenters. The van der Waals surface area contributed by atoms with E-state index in [0.29, 0.717) is 25.3 Å². The number of benzene rings is 2. The van der Waals surface area contributed by atoms with Gasteiger partial charge >= 0.3 is 6.09 Å². The number of carbonyl (C=O) groups excluding carboxylic acids is 1. The minimum Gasteiger partial charge on any atom is -0.456 e. The van der Waals surface area contributed by atoms with E-state index in [1.54, 1.807) is 24.0 Å². The normalized spacial score (nSPS) is 12.5. The SMILES string of the molecule is C/C(C#N)=C(\C=C(/C)F)Oc1ccc(CCN(Cc2ccccc2)C(=O)OC(C)(C)C)cc1. The van der Waals surface area contributed by atoms with Gasteiger partial charge in [-0.2, -0.15) is 5.26 Å². The van der Waals surface area contributed by atoms with Crippen molar-refractivity contribution < 1.29 is 18.7 Å². The average Bonchev–Trinajstić information content (AvgIpc) is 2.75. The van der Waals surface area contributed by atoms with Crippen molar-refractivity contribution >= 4 is 6.09 Å². The van der Waals surface area contributed by atoms with E-state index in [-0.39, 0.29) is 17.4 Å². The van der Waals surface area contributed by atoms with Gasteiger partial charge in [0.05, 0.1) is 11.6 Å². The lowest BCUT2D eigenvalue weighted by molar-refractivity contribution is 0.0236. The molecule has 0 spiro atoms. The molecule has 1 amide bonds. The molecule has 174 valence electrons. The third-order valence-corrected chi connectivity index (χ3v) is 4.56. The molecule has 0 heterocycles. The number of carbonyl (C=O) groups is 1. The van der Waals surface area contributed by atoms with Crippen molar-refractivity contribution in [2.75, 3.05) is 6.54 Å². The number of hydrogen-bond donors (Lipinski definition) is 0. The minimum atomic E-state index is -0.579. The third-order valence-electron chi connectivity index (χ3n) is 4.56. The van der Waals surface area contributed by atoms with Crippen LogP contribution >= 0.6 is 0 Å². The third kappa shape index (κ3) is 9.20. The molecular formula is C27H31FN2O3. The highest BCUT2D eigenvalue weighted by Gasteiger charge is 2.22. The molecule has 0 aliphatic heterocycles. The summed E-state index contributed by atoms with van der Waals surface area (Å²) in [6.07, 6.45) is 1.45. The van der Waals surface area contributed by atoms with E-state index in [1.165, 1.54) is 13.0 Å². The standard InChI is InChI=1S/C27H31FN2O3/c1-20(18-29)25(17-21(2)28)32-24-13-11-22(12-14-24)15-16-30(26(31)33-27(3,4)5)19-23-9-7-6-8-10-23/h6-14,17H,15-16,19H2,1-5H3/b21-17+,25-20-. The first-order chi connectivity index (χ1) is 15.6. The Kier molecular flexibility index (Phi) is 9.23. The topological polar surface area (TPSA) is 62.6 Å². The lowest BCUT2D eigenvalue weighted by Gasteiger charge is -2.27. The Balaban J connectivity index is 2.10. The van der Waals surface area contributed by atoms with Crippen molar-refractivity contribution in [2.45, 2.75) is 53.2 Å². The van der Waals surface area contributed by atoms with Crippen molar-refractivity contribution in [2.24, 2.45) is 0 Å². The first kappa shape index (κ1) is 25.7. The van der Waals surface area contributed by atoms with Gasteiger partial charge in [-0.25, -0.2) is 9.18 Å². The van der Waals surface area contributed by atoms with Crippen molar-refractivity contribution in [1.29, 1.82) is 5.26 Å². The molecule has 0 N–H and O–H groups in total. The molecule has 5 nitrogen and oxygen atoms in total. The number of rotatable bonds is 8. The van der Waals surface area contributed by atoms with Crippen LogP contribution in [0.3, 0.4) is 0 Å². The maximum Gasteiger partial charge on any atom is 0.410 e. The summed E-state index contributed by atoms with van der Waals surface area (Å²) in [4.78, 5) is 14.4. The summed E-state index contributed by atoms with van der Waals surface area (Å²) in [5.41, 5.74) is 1.73. The second kappa shape index (κ2) is 11.9. The van der Waals surface area contributed by atoms with Crippen LogP contribution < -0.4 is 4.74 Å². The summed E-state index contributed by atoms with van der Waals surface area (Å²) >= 11 is 0. The molecule has 0 saturated heterocycles. The van der Waals surface area contributed by atoms with Crippen LogP contribution in [-0.2, 0) is 17.7 Å². The predicted molar refractivity (Wildman–Crippen MR) is 127 cm³/mol. The first-order valence-electron chi connectivity index (χ1n) is 10.8. The van der Waals surface area contributed by atoms with Crippen LogP contribution in [0.5, 0.6) is 5.75 Å². The van der Waals surface area contributed by atoms with Gasteiger partial charge in [0.1, 0.15) is 22.9 Å². The molecule has 0 aliphatic carbocycles. The van der Waals surface area contributed by atoms with Crippen LogP contribution in [0.1, 0.15) is 45.7 Å². The number of halogens is 1. The zero-order valence-corrected chi connectivity index (χ0v) is 19.9. The van der Waals surface area contributed by atoms with E-state index in [9.17, 15) is 9.18 Å². The second-order valence-corrected chi connectivity index (χ2v) is 8.72. The molecule has 0 saturated carbocycles. The van der Waals surface area contributed by atoms with Gasteiger partial charge < -0.3 is 14.4 Å². The summed E-state index contributed by atoms with van der Waals surface area (Å²) in [6.45, 7) is 9.34. The Bertz CT molecular complexity index is 1030. The zero-order chi connectivity index (χ0) is 24.4. The van der Waals surface area contributed by atoms with Crippen LogP contribution in [0.15, 0.2) is 77.8 Å². The van der Waals surface area contributed by atoms with Gasteiger partial charge in [-0.05, 0) is 64.3 Å². The summed E-state index contributed by atoms with van der Waals surface area (Å²) < 4.78 is 24.6. The van der Waals surface area contributed by atoms with E-state index in [4.69, 9.17) is 14.7 Å². The van der Waals surface area contributed by atoms with Crippen molar-refractivity contribution in [1.82, 2.24) is 4.90 Å². The van der Waals surface area contributed by atoms with E-state index >= 15 is 0 Å². The zero-order valence-electron chi connectivity index (χ0n) is 19.9. The molecule has 2 aromatic carbocycles. The monoisotopic (exact) mass is 450 g/mol. The first-order valence-corrected chi connectivity index (χ1v) is 10.8. The number of ether oxygens (including phenoxy) is 2. The fraction of sp³-hybridized carbons (Fsp3) is 0.333. The van der Waals surface area contributed by atoms with E-state index in [0.717, 1.165) is 11.1 Å². The number of nitrogens with zero attached hydrogens (tertiary/aromatic N) is 2. The summed E-state index contributed by atoms with van der Waals surface area (Å²) in [5, 5.41) is 9.10. The number of nitriles is 1. The lowest BCUT2D eigenvalue weighted by atomic mass is 10.1. The van der Waals surface area contributed by atoms with Gasteiger partial charge in [0.15, 0.2) is 0 Å². The molecule has 2 aromatic rings. The molecule has 0 aromatic heterocycles. The molecule has 0 fully saturated rings. The molecule has 2 rings (SSSR count). The van der Waals surface area contributed by atoms with Gasteiger partial charge in [0.25, 0.3) is 0 Å². The minimum absolute atomic E-state index is 0.171. The molecule has 33 heavy (non-hydrogen) atoms. The highest BCUT2D eigenvalue weighted by Crippen LogP contribution is 2.20. The number of allylic oxidation sites excluding steroid dienone is 3. The largest absolute Gasteiger partial charge is 0.456 e. The molecular weight excluding hydrogens is 419 g/mol. The predicted octanol–water partition coefficient (Wildman–Crippen LogP) is 6.72. The Hall–Kier alpha value is -3.59. The van der Waals surface area contributed by atoms with Crippen LogP contribution in [0.25, 0.3) is 0 Å². The van der Waals surface area contributed by atoms with Crippen LogP contribution in [-0.4, -0.2) is 23.1 Å². The van der Waals surface area contributed by atoms with Crippen molar-refractivity contribution in [3.05, 3.63) is 89.0 Å². The highest BCUT2D eigenvalue weighted by atomic mass is 19.1. The van der Waals surface area contributed by atoms with Crippen LogP contribution in [0.2, 0.25) is 0 Å². The Labute approximate surface area is 195 Å². The molecule has 0 radical (unpaired) electrons. The van der Waals surface area contributed by atoms with Gasteiger partial charge in [0, 0.05) is 19.2 Å². The summed E-state index contributed by atoms with van der Waals surface area (Å²) in [5.74, 6) is 0.218. The maximum absolute atomic E-state index is 13.3. The smallest absolute Gasteiger partial charge is 0.410 e. The van der Waals surface area contributed by atoms with E-state index in [2.05, 4.69) is 0 Å². The molecule has 0 atom stereocenters. The van der Waals surface area contributed by atoms with Crippen molar-refractivity contribution in [3.8, 4) is 11.8 Å². The number of amides is 1. The van der Waals surface area contributed by atoms with Gasteiger partial charge in [0.2, 0.25) is 0 Å². The van der Waals surface area contributed by atoms with Crippen molar-refractivity contribution in [3.63, 3.8) is 0 Å². The van der Waals surface area contributed by atoms with Gasteiger partial charge in [-0.15, -0.1) is 0 Å². The summed E-state index contributed by atoms with van der Waals surface area (Å²) in [7, 11) is 0. The quantitative estimate of drug-likeness (QED) is 0.255. The molecule has 0 aliphatic rings. The Morgan fingerprint density at radius 1 is 1.06 bits per heavy atom. The van der Waals surface area contributed by atoms with Crippen LogP contribution in [0.4, 0.5) is 9.18 Å². The fourth-order valence-electron chi connectivity index (χ4n) is 2.93. The Morgan fingerprint density at radius 2 is 1.70 bits per heavy atom. The number of hydrogen-bond acceptors (Lipinski definition) is 4. The van der Waals surface area contributed by atoms with Gasteiger partial charge in [-0.3, -0.25) is 0 Å². The maximum atomic E-state index is 13.3. The van der Waals surface area contributed by atoms with E-state index in [1.807, 2.05) is 69.3 Å².